The quantitative estimate of drug-likeness (QED) is 0.499. The van der Waals surface area contributed by atoms with E-state index < -0.39 is 13.3 Å². The second-order valence-electron chi connectivity index (χ2n) is 8.79. The molecule has 0 atom stereocenters. The van der Waals surface area contributed by atoms with Gasteiger partial charge in [0.2, 0.25) is 0 Å². The average molecular weight is 512 g/mol. The van der Waals surface area contributed by atoms with Gasteiger partial charge in [-0.25, -0.2) is 0 Å². The van der Waals surface area contributed by atoms with Crippen molar-refractivity contribution in [1.82, 2.24) is 15.5 Å². The van der Waals surface area contributed by atoms with E-state index in [1.54, 1.807) is 13.8 Å². The van der Waals surface area contributed by atoms with Crippen LogP contribution in [0.15, 0.2) is 84.9 Å². The maximum absolute atomic E-state index is 12.4. The zero-order chi connectivity index (χ0) is 24.2. The van der Waals surface area contributed by atoms with Crippen LogP contribution in [-0.2, 0) is 21.4 Å². The Morgan fingerprint density at radius 2 is 1.50 bits per heavy atom. The Kier molecular flexibility index (Phi) is 7.64. The molecule has 0 aliphatic carbocycles. The summed E-state index contributed by atoms with van der Waals surface area (Å²) in [6.45, 7) is 3.68. The molecule has 0 unspecified atom stereocenters. The van der Waals surface area contributed by atoms with E-state index >= 15 is 0 Å². The Balaban J connectivity index is 1.96. The third kappa shape index (κ3) is 4.87. The maximum atomic E-state index is 12.4. The van der Waals surface area contributed by atoms with Crippen molar-refractivity contribution in [2.24, 2.45) is 0 Å². The monoisotopic (exact) mass is 511 g/mol. The topological polar surface area (TPSA) is 61.4 Å². The van der Waals surface area contributed by atoms with E-state index in [9.17, 15) is 9.59 Å². The molecular formula is C26H31N3O2P2S. The number of carbonyl (C=O) groups excluding carboxylic acids is 2. The Hall–Kier alpha value is -2.36. The van der Waals surface area contributed by atoms with E-state index in [-0.39, 0.29) is 11.8 Å². The summed E-state index contributed by atoms with van der Waals surface area (Å²) in [5.74, 6) is -0.0233. The fraction of sp³-hybridized carbons (Fsp3) is 0.231. The fourth-order valence-corrected chi connectivity index (χ4v) is 14.4. The van der Waals surface area contributed by atoms with Crippen LogP contribution in [0.4, 0.5) is 0 Å². The first kappa shape index (κ1) is 24.8. The SMILES string of the molecule is CC(=O)NC[PH]1(c2ccccc2P(=S)(c2ccccc2)c2ccccc2)CNCN(C(C)=O)C1. The van der Waals surface area contributed by atoms with Gasteiger partial charge in [-0.1, -0.05) is 0 Å². The molecule has 1 saturated heterocycles. The van der Waals surface area contributed by atoms with Gasteiger partial charge in [-0.05, 0) is 0 Å². The molecule has 4 rings (SSSR count). The third-order valence-corrected chi connectivity index (χ3v) is 16.0. The Morgan fingerprint density at radius 3 is 2.06 bits per heavy atom. The van der Waals surface area contributed by atoms with E-state index in [0.717, 1.165) is 22.2 Å². The molecule has 0 spiro atoms. The number of benzene rings is 3. The van der Waals surface area contributed by atoms with Gasteiger partial charge in [0.05, 0.1) is 0 Å². The van der Waals surface area contributed by atoms with Crippen molar-refractivity contribution in [3.8, 4) is 0 Å². The first-order chi connectivity index (χ1) is 16.4. The van der Waals surface area contributed by atoms with E-state index in [2.05, 4.69) is 59.2 Å². The molecule has 0 aromatic heterocycles. The summed E-state index contributed by atoms with van der Waals surface area (Å²) in [6, 6.07) is 26.8. The first-order valence-corrected chi connectivity index (χ1v) is 16.8. The fourth-order valence-electron chi connectivity index (χ4n) is 4.72. The summed E-state index contributed by atoms with van der Waals surface area (Å²) >= 11 is 6.67. The van der Waals surface area contributed by atoms with Gasteiger partial charge in [0, 0.05) is 0 Å². The zero-order valence-corrected chi connectivity index (χ0v) is 22.2. The summed E-state index contributed by atoms with van der Waals surface area (Å²) < 4.78 is 0. The van der Waals surface area contributed by atoms with Gasteiger partial charge in [0.25, 0.3) is 0 Å². The van der Waals surface area contributed by atoms with Crippen molar-refractivity contribution in [2.45, 2.75) is 13.8 Å². The van der Waals surface area contributed by atoms with Crippen LogP contribution >= 0.6 is 13.3 Å². The number of hydrogen-bond donors (Lipinski definition) is 2. The molecule has 0 saturated carbocycles. The predicted molar refractivity (Wildman–Crippen MR) is 149 cm³/mol. The molecule has 1 fully saturated rings. The van der Waals surface area contributed by atoms with Crippen LogP contribution in [0.3, 0.4) is 0 Å². The molecule has 1 aliphatic heterocycles. The van der Waals surface area contributed by atoms with Gasteiger partial charge in [-0.3, -0.25) is 0 Å². The van der Waals surface area contributed by atoms with E-state index in [4.69, 9.17) is 11.8 Å². The van der Waals surface area contributed by atoms with E-state index in [0.29, 0.717) is 19.2 Å². The van der Waals surface area contributed by atoms with Crippen LogP contribution in [0.2, 0.25) is 0 Å². The standard InChI is InChI=1S/C26H31N3O2P2S/c1-21(30)28-19-32(18-27-17-29(20-32)22(2)31)25-15-9-10-16-26(25)33(34,23-11-5-3-6-12-23)24-13-7-4-8-14-24/h3-16,27,32H,17-20H2,1-2H3,(H,28,30). The van der Waals surface area contributed by atoms with Gasteiger partial charge < -0.3 is 0 Å². The molecule has 178 valence electrons. The van der Waals surface area contributed by atoms with Gasteiger partial charge in [-0.15, -0.1) is 0 Å². The van der Waals surface area contributed by atoms with Gasteiger partial charge in [-0.2, -0.15) is 0 Å². The van der Waals surface area contributed by atoms with Crippen LogP contribution in [0.25, 0.3) is 0 Å². The van der Waals surface area contributed by atoms with Crippen LogP contribution in [0, 0.1) is 0 Å². The molecule has 34 heavy (non-hydrogen) atoms. The van der Waals surface area contributed by atoms with Crippen LogP contribution in [0.5, 0.6) is 0 Å². The van der Waals surface area contributed by atoms with Gasteiger partial charge in [0.15, 0.2) is 0 Å². The van der Waals surface area contributed by atoms with Crippen LogP contribution < -0.4 is 31.9 Å². The van der Waals surface area contributed by atoms with E-state index in [1.807, 2.05) is 41.3 Å². The summed E-state index contributed by atoms with van der Waals surface area (Å²) in [7, 11) is -2.44. The normalized spacial score (nSPS) is 16.5. The molecule has 2 N–H and O–H groups in total. The number of hydrogen-bond acceptors (Lipinski definition) is 4. The molecule has 2 amide bonds. The molecular weight excluding hydrogens is 480 g/mol. The summed E-state index contributed by atoms with van der Waals surface area (Å²) in [4.78, 5) is 26.2. The molecule has 5 nitrogen and oxygen atoms in total. The number of amides is 2. The minimum absolute atomic E-state index is 0.0370. The summed E-state index contributed by atoms with van der Waals surface area (Å²) in [5.41, 5.74) is 0. The molecule has 8 heteroatoms. The van der Waals surface area contributed by atoms with Crippen molar-refractivity contribution in [3.63, 3.8) is 0 Å². The second kappa shape index (κ2) is 10.5. The van der Waals surface area contributed by atoms with Gasteiger partial charge in [0.1, 0.15) is 0 Å². The summed E-state index contributed by atoms with van der Waals surface area (Å²) in [5, 5.41) is 11.2. The predicted octanol–water partition coefficient (Wildman–Crippen LogP) is 2.24. The number of carbonyl (C=O) groups is 2. The molecule has 1 aliphatic rings. The number of nitrogens with one attached hydrogen (secondary N) is 2. The zero-order valence-electron chi connectivity index (χ0n) is 19.5. The first-order valence-electron chi connectivity index (χ1n) is 11.4. The van der Waals surface area contributed by atoms with Crippen molar-refractivity contribution in [1.29, 1.82) is 0 Å². The average Bonchev–Trinajstić information content (AvgIpc) is 2.88. The Labute approximate surface area is 207 Å². The molecule has 0 radical (unpaired) electrons. The van der Waals surface area contributed by atoms with Gasteiger partial charge >= 0.3 is 208 Å². The molecule has 3 aromatic rings. The van der Waals surface area contributed by atoms with Crippen molar-refractivity contribution < 1.29 is 9.59 Å². The number of rotatable bonds is 6. The number of nitrogens with zero attached hydrogens (tertiary/aromatic N) is 1. The molecule has 3 aromatic carbocycles. The van der Waals surface area contributed by atoms with Crippen LogP contribution in [-0.4, -0.2) is 42.2 Å². The van der Waals surface area contributed by atoms with E-state index in [1.165, 1.54) is 5.30 Å². The van der Waals surface area contributed by atoms with Crippen molar-refractivity contribution >= 4 is 58.1 Å². The van der Waals surface area contributed by atoms with Crippen molar-refractivity contribution in [3.05, 3.63) is 84.9 Å². The molecule has 0 bridgehead atoms. The summed E-state index contributed by atoms with van der Waals surface area (Å²) in [6.07, 6.45) is 1.97. The Bertz CT molecular complexity index is 1180. The molecule has 1 heterocycles. The van der Waals surface area contributed by atoms with Crippen LogP contribution in [0.1, 0.15) is 13.8 Å². The minimum atomic E-state index is -2.44. The van der Waals surface area contributed by atoms with Crippen molar-refractivity contribution in [2.75, 3.05) is 25.5 Å². The third-order valence-electron chi connectivity index (χ3n) is 6.43. The Morgan fingerprint density at radius 1 is 0.941 bits per heavy atom. The second-order valence-corrected chi connectivity index (χ2v) is 17.3.